The SMILES string of the molecule is COc1ccc(CCC2(Cn3ccnc3)OCC(CSc3ccc(C(C)(C)C)cc3)O2)cc1. The zero-order valence-corrected chi connectivity index (χ0v) is 20.8. The fourth-order valence-electron chi connectivity index (χ4n) is 4.02. The van der Waals surface area contributed by atoms with Gasteiger partial charge in [-0.05, 0) is 47.2 Å². The predicted octanol–water partition coefficient (Wildman–Crippen LogP) is 5.73. The summed E-state index contributed by atoms with van der Waals surface area (Å²) in [5.74, 6) is 1.08. The van der Waals surface area contributed by atoms with Gasteiger partial charge in [-0.3, -0.25) is 0 Å². The van der Waals surface area contributed by atoms with Crippen molar-refractivity contribution in [2.75, 3.05) is 19.5 Å². The van der Waals surface area contributed by atoms with E-state index in [-0.39, 0.29) is 11.5 Å². The number of hydrogen-bond donors (Lipinski definition) is 0. The smallest absolute Gasteiger partial charge is 0.187 e. The summed E-state index contributed by atoms with van der Waals surface area (Å²) in [6.07, 6.45) is 7.27. The van der Waals surface area contributed by atoms with E-state index >= 15 is 0 Å². The quantitative estimate of drug-likeness (QED) is 0.377. The first-order valence-electron chi connectivity index (χ1n) is 11.5. The molecule has 2 heterocycles. The topological polar surface area (TPSA) is 45.5 Å². The summed E-state index contributed by atoms with van der Waals surface area (Å²) >= 11 is 1.83. The molecule has 0 radical (unpaired) electrons. The van der Waals surface area contributed by atoms with E-state index in [0.717, 1.165) is 24.3 Å². The number of aromatic nitrogens is 2. The second-order valence-corrected chi connectivity index (χ2v) is 10.7. The predicted molar refractivity (Wildman–Crippen MR) is 133 cm³/mol. The van der Waals surface area contributed by atoms with Gasteiger partial charge in [0.05, 0.1) is 32.7 Å². The van der Waals surface area contributed by atoms with Crippen LogP contribution in [0.5, 0.6) is 5.75 Å². The van der Waals surface area contributed by atoms with Gasteiger partial charge in [0, 0.05) is 29.5 Å². The van der Waals surface area contributed by atoms with Crippen LogP contribution < -0.4 is 4.74 Å². The van der Waals surface area contributed by atoms with E-state index in [1.54, 1.807) is 13.3 Å². The van der Waals surface area contributed by atoms with Gasteiger partial charge in [0.2, 0.25) is 0 Å². The lowest BCUT2D eigenvalue weighted by Crippen LogP contribution is -2.37. The number of hydrogen-bond acceptors (Lipinski definition) is 5. The molecule has 1 saturated heterocycles. The summed E-state index contributed by atoms with van der Waals surface area (Å²) in [6.45, 7) is 7.95. The minimum Gasteiger partial charge on any atom is -0.497 e. The Hall–Kier alpha value is -2.28. The van der Waals surface area contributed by atoms with Crippen LogP contribution in [0.15, 0.2) is 72.1 Å². The van der Waals surface area contributed by atoms with Crippen molar-refractivity contribution in [3.63, 3.8) is 0 Å². The van der Waals surface area contributed by atoms with Gasteiger partial charge in [-0.2, -0.15) is 0 Å². The molecule has 5 nitrogen and oxygen atoms in total. The zero-order valence-electron chi connectivity index (χ0n) is 20.0. The van der Waals surface area contributed by atoms with E-state index in [9.17, 15) is 0 Å². The van der Waals surface area contributed by atoms with Crippen LogP contribution in [0.25, 0.3) is 0 Å². The van der Waals surface area contributed by atoms with Crippen LogP contribution in [0, 0.1) is 0 Å². The lowest BCUT2D eigenvalue weighted by molar-refractivity contribution is -0.180. The van der Waals surface area contributed by atoms with E-state index < -0.39 is 5.79 Å². The summed E-state index contributed by atoms with van der Waals surface area (Å²) in [6, 6.07) is 17.1. The molecule has 0 N–H and O–H groups in total. The van der Waals surface area contributed by atoms with Gasteiger partial charge >= 0.3 is 0 Å². The largest absolute Gasteiger partial charge is 0.497 e. The van der Waals surface area contributed by atoms with Crippen molar-refractivity contribution >= 4 is 11.8 Å². The van der Waals surface area contributed by atoms with E-state index in [2.05, 4.69) is 62.2 Å². The van der Waals surface area contributed by atoms with E-state index in [0.29, 0.717) is 13.2 Å². The molecule has 0 saturated carbocycles. The highest BCUT2D eigenvalue weighted by Crippen LogP contribution is 2.34. The summed E-state index contributed by atoms with van der Waals surface area (Å²) in [4.78, 5) is 5.45. The number of thioether (sulfide) groups is 1. The minimum atomic E-state index is -0.651. The van der Waals surface area contributed by atoms with Gasteiger partial charge in [0.25, 0.3) is 0 Å². The maximum absolute atomic E-state index is 6.57. The average molecular weight is 467 g/mol. The van der Waals surface area contributed by atoms with Crippen LogP contribution in [-0.4, -0.2) is 40.9 Å². The highest BCUT2D eigenvalue weighted by atomic mass is 32.2. The molecule has 1 fully saturated rings. The van der Waals surface area contributed by atoms with E-state index in [1.807, 2.05) is 41.0 Å². The maximum Gasteiger partial charge on any atom is 0.187 e. The molecule has 0 bridgehead atoms. The van der Waals surface area contributed by atoms with Crippen molar-refractivity contribution in [3.05, 3.63) is 78.4 Å². The molecule has 33 heavy (non-hydrogen) atoms. The third kappa shape index (κ3) is 6.40. The number of aryl methyl sites for hydroxylation is 1. The molecular formula is C27H34N2O3S. The van der Waals surface area contributed by atoms with E-state index in [4.69, 9.17) is 14.2 Å². The number of benzene rings is 2. The van der Waals surface area contributed by atoms with Crippen molar-refractivity contribution < 1.29 is 14.2 Å². The Morgan fingerprint density at radius 1 is 1.12 bits per heavy atom. The first kappa shape index (κ1) is 23.9. The van der Waals surface area contributed by atoms with Crippen LogP contribution in [0.2, 0.25) is 0 Å². The minimum absolute atomic E-state index is 0.0525. The molecular weight excluding hydrogens is 432 g/mol. The Kier molecular flexibility index (Phi) is 7.47. The van der Waals surface area contributed by atoms with Crippen molar-refractivity contribution in [2.45, 2.75) is 62.4 Å². The first-order valence-corrected chi connectivity index (χ1v) is 12.5. The van der Waals surface area contributed by atoms with Gasteiger partial charge in [-0.25, -0.2) is 4.98 Å². The van der Waals surface area contributed by atoms with Crippen molar-refractivity contribution in [1.29, 1.82) is 0 Å². The van der Waals surface area contributed by atoms with Gasteiger partial charge < -0.3 is 18.8 Å². The van der Waals surface area contributed by atoms with Crippen molar-refractivity contribution in [2.24, 2.45) is 0 Å². The molecule has 2 unspecified atom stereocenters. The van der Waals surface area contributed by atoms with Gasteiger partial charge in [0.1, 0.15) is 5.75 Å². The maximum atomic E-state index is 6.57. The van der Waals surface area contributed by atoms with E-state index in [1.165, 1.54) is 16.0 Å². The molecule has 2 aromatic carbocycles. The molecule has 0 spiro atoms. The number of ether oxygens (including phenoxy) is 3. The molecule has 176 valence electrons. The lowest BCUT2D eigenvalue weighted by atomic mass is 9.87. The Morgan fingerprint density at radius 2 is 1.88 bits per heavy atom. The highest BCUT2D eigenvalue weighted by Gasteiger charge is 2.41. The number of imidazole rings is 1. The third-order valence-corrected chi connectivity index (χ3v) is 7.15. The third-order valence-electron chi connectivity index (χ3n) is 6.01. The summed E-state index contributed by atoms with van der Waals surface area (Å²) in [5, 5.41) is 0. The molecule has 0 amide bonds. The monoisotopic (exact) mass is 466 g/mol. The Labute approximate surface area is 201 Å². The van der Waals surface area contributed by atoms with Crippen LogP contribution in [0.3, 0.4) is 0 Å². The average Bonchev–Trinajstić information content (AvgIpc) is 3.47. The van der Waals surface area contributed by atoms with Crippen LogP contribution >= 0.6 is 11.8 Å². The van der Waals surface area contributed by atoms with Crippen molar-refractivity contribution in [3.8, 4) is 5.75 Å². The van der Waals surface area contributed by atoms with Crippen LogP contribution in [0.1, 0.15) is 38.3 Å². The number of rotatable bonds is 9. The summed E-state index contributed by atoms with van der Waals surface area (Å²) < 4.78 is 20.2. The Bertz CT molecular complexity index is 997. The molecule has 4 rings (SSSR count). The summed E-state index contributed by atoms with van der Waals surface area (Å²) in [7, 11) is 1.69. The normalized spacial score (nSPS) is 20.8. The molecule has 2 atom stereocenters. The standard InChI is InChI=1S/C27H34N2O3S/c1-26(2,3)22-7-11-25(12-8-22)33-18-24-17-31-27(32-24,19-29-16-15-28-20-29)14-13-21-5-9-23(30-4)10-6-21/h5-12,15-16,20,24H,13-14,17-19H2,1-4H3. The fourth-order valence-corrected chi connectivity index (χ4v) is 4.89. The van der Waals surface area contributed by atoms with Gasteiger partial charge in [-0.15, -0.1) is 11.8 Å². The number of nitrogens with zero attached hydrogens (tertiary/aromatic N) is 2. The van der Waals surface area contributed by atoms with Crippen LogP contribution in [-0.2, 0) is 27.9 Å². The molecule has 3 aromatic rings. The van der Waals surface area contributed by atoms with Crippen molar-refractivity contribution in [1.82, 2.24) is 9.55 Å². The second kappa shape index (κ2) is 10.3. The molecule has 1 aromatic heterocycles. The molecule has 6 heteroatoms. The highest BCUT2D eigenvalue weighted by molar-refractivity contribution is 7.99. The first-order chi connectivity index (χ1) is 15.9. The molecule has 1 aliphatic rings. The van der Waals surface area contributed by atoms with Gasteiger partial charge in [-0.1, -0.05) is 45.0 Å². The zero-order chi connectivity index (χ0) is 23.3. The second-order valence-electron chi connectivity index (χ2n) is 9.63. The van der Waals surface area contributed by atoms with Gasteiger partial charge in [0.15, 0.2) is 5.79 Å². The Morgan fingerprint density at radius 3 is 2.52 bits per heavy atom. The van der Waals surface area contributed by atoms with Crippen LogP contribution in [0.4, 0.5) is 0 Å². The fraction of sp³-hybridized carbons (Fsp3) is 0.444. The molecule has 0 aliphatic carbocycles. The number of methoxy groups -OCH3 is 1. The summed E-state index contributed by atoms with van der Waals surface area (Å²) in [5.41, 5.74) is 2.76. The Balaban J connectivity index is 1.38. The lowest BCUT2D eigenvalue weighted by Gasteiger charge is -2.28. The molecule has 1 aliphatic heterocycles.